The van der Waals surface area contributed by atoms with E-state index in [0.29, 0.717) is 6.42 Å². The first-order valence-corrected chi connectivity index (χ1v) is 8.04. The van der Waals surface area contributed by atoms with Crippen molar-refractivity contribution in [1.29, 1.82) is 0 Å². The third-order valence-electron chi connectivity index (χ3n) is 6.68. The molecular weight excluding hydrogens is 292 g/mol. The number of hydrazone groups is 1. The van der Waals surface area contributed by atoms with Gasteiger partial charge in [-0.05, 0) is 59.9 Å². The number of aromatic hydroxyl groups is 1. The van der Waals surface area contributed by atoms with Crippen LogP contribution in [0.3, 0.4) is 0 Å². The lowest BCUT2D eigenvalue weighted by atomic mass is 9.64. The highest BCUT2D eigenvalue weighted by atomic mass is 16.3. The summed E-state index contributed by atoms with van der Waals surface area (Å²) >= 11 is 0. The lowest BCUT2D eigenvalue weighted by Gasteiger charge is -2.39. The third-order valence-corrected chi connectivity index (χ3v) is 6.68. The van der Waals surface area contributed by atoms with Crippen LogP contribution in [0, 0.1) is 16.2 Å². The molecule has 0 saturated heterocycles. The average molecular weight is 316 g/mol. The molecule has 3 N–H and O–H groups in total. The molecule has 0 aliphatic heterocycles. The number of carbonyl (C=O) groups is 1. The van der Waals surface area contributed by atoms with Crippen molar-refractivity contribution in [1.82, 2.24) is 5.43 Å². The Hall–Kier alpha value is -1.88. The van der Waals surface area contributed by atoms with E-state index in [2.05, 4.69) is 31.3 Å². The molecule has 0 spiro atoms. The van der Waals surface area contributed by atoms with E-state index in [0.717, 1.165) is 18.4 Å². The van der Waals surface area contributed by atoms with Gasteiger partial charge in [-0.15, -0.1) is 0 Å². The van der Waals surface area contributed by atoms with E-state index in [9.17, 15) is 15.0 Å². The van der Waals surface area contributed by atoms with Crippen LogP contribution in [-0.4, -0.2) is 28.4 Å². The number of nitrogens with one attached hydrogen (secondary N) is 1. The molecule has 2 fully saturated rings. The Morgan fingerprint density at radius 3 is 2.43 bits per heavy atom. The Morgan fingerprint density at radius 2 is 1.91 bits per heavy atom. The molecule has 124 valence electrons. The topological polar surface area (TPSA) is 81.9 Å². The van der Waals surface area contributed by atoms with Crippen LogP contribution in [-0.2, 0) is 4.79 Å². The number of aliphatic hydroxyl groups is 1. The Morgan fingerprint density at radius 1 is 1.26 bits per heavy atom. The van der Waals surface area contributed by atoms with Crippen LogP contribution >= 0.6 is 0 Å². The molecule has 2 saturated carbocycles. The fourth-order valence-corrected chi connectivity index (χ4v) is 4.46. The summed E-state index contributed by atoms with van der Waals surface area (Å²) in [4.78, 5) is 12.8. The van der Waals surface area contributed by atoms with Gasteiger partial charge in [0, 0.05) is 0 Å². The number of phenolic OH excluding ortho intramolecular Hbond substituents is 1. The smallest absolute Gasteiger partial charge is 0.246 e. The molecule has 1 aromatic carbocycles. The summed E-state index contributed by atoms with van der Waals surface area (Å²) in [6, 6.07) is 6.58. The van der Waals surface area contributed by atoms with E-state index in [1.165, 1.54) is 0 Å². The van der Waals surface area contributed by atoms with Gasteiger partial charge >= 0.3 is 0 Å². The number of nitrogens with zero attached hydrogens (tertiary/aromatic N) is 1. The van der Waals surface area contributed by atoms with Gasteiger partial charge < -0.3 is 10.2 Å². The molecule has 2 aliphatic carbocycles. The van der Waals surface area contributed by atoms with Crippen LogP contribution in [0.5, 0.6) is 5.75 Å². The van der Waals surface area contributed by atoms with Gasteiger partial charge in [-0.25, -0.2) is 5.43 Å². The van der Waals surface area contributed by atoms with Crippen LogP contribution in [0.1, 0.15) is 45.6 Å². The molecule has 5 heteroatoms. The normalized spacial score (nSPS) is 34.9. The van der Waals surface area contributed by atoms with Crippen LogP contribution < -0.4 is 5.43 Å². The number of fused-ring (bicyclic) bond motifs is 2. The minimum atomic E-state index is -0.562. The third kappa shape index (κ3) is 2.10. The summed E-state index contributed by atoms with van der Waals surface area (Å²) in [5, 5.41) is 23.7. The summed E-state index contributed by atoms with van der Waals surface area (Å²) in [5.74, 6) is 0.0785. The van der Waals surface area contributed by atoms with Crippen molar-refractivity contribution in [2.24, 2.45) is 21.3 Å². The van der Waals surface area contributed by atoms with E-state index in [4.69, 9.17) is 0 Å². The first-order valence-electron chi connectivity index (χ1n) is 8.04. The predicted molar refractivity (Wildman–Crippen MR) is 88.0 cm³/mol. The second-order valence-corrected chi connectivity index (χ2v) is 7.64. The van der Waals surface area contributed by atoms with Gasteiger partial charge in [0.2, 0.25) is 5.91 Å². The predicted octanol–water partition coefficient (Wildman–Crippen LogP) is 2.42. The standard InChI is InChI=1S/C18H24N2O3/c1-16(2)17(3)8-9-18(16,10-14(17)22)15(23)20-19-11-12-4-6-13(21)7-5-12/h4-7,11,14,21-22H,8-10H2,1-3H3,(H,20,23)/b19-11-/t14-,17-,18+/m1/s1. The lowest BCUT2D eigenvalue weighted by molar-refractivity contribution is -0.136. The first-order chi connectivity index (χ1) is 10.7. The molecule has 5 nitrogen and oxygen atoms in total. The Labute approximate surface area is 136 Å². The number of amides is 1. The fraction of sp³-hybridized carbons (Fsp3) is 0.556. The van der Waals surface area contributed by atoms with Gasteiger partial charge in [-0.3, -0.25) is 4.79 Å². The zero-order valence-electron chi connectivity index (χ0n) is 13.8. The van der Waals surface area contributed by atoms with Gasteiger partial charge in [0.15, 0.2) is 0 Å². The van der Waals surface area contributed by atoms with Gasteiger partial charge in [-0.2, -0.15) is 5.10 Å². The number of carbonyl (C=O) groups excluding carboxylic acids is 1. The SMILES string of the molecule is CC1(C)[C@@]2(C(=O)N/N=C\c3ccc(O)cc3)CC[C@]1(C)[C@H](O)C2. The second-order valence-electron chi connectivity index (χ2n) is 7.64. The maximum Gasteiger partial charge on any atom is 0.246 e. The number of aliphatic hydroxyl groups excluding tert-OH is 1. The van der Waals surface area contributed by atoms with Gasteiger partial charge in [0.1, 0.15) is 5.75 Å². The molecule has 0 aromatic heterocycles. The number of hydrogen-bond donors (Lipinski definition) is 3. The summed E-state index contributed by atoms with van der Waals surface area (Å²) < 4.78 is 0. The van der Waals surface area contributed by atoms with Crippen molar-refractivity contribution < 1.29 is 15.0 Å². The Balaban J connectivity index is 1.75. The summed E-state index contributed by atoms with van der Waals surface area (Å²) in [6.45, 7) is 6.25. The molecule has 23 heavy (non-hydrogen) atoms. The van der Waals surface area contributed by atoms with Crippen molar-refractivity contribution in [3.63, 3.8) is 0 Å². The Kier molecular flexibility index (Phi) is 3.52. The van der Waals surface area contributed by atoms with E-state index in [1.807, 2.05) is 0 Å². The van der Waals surface area contributed by atoms with E-state index < -0.39 is 11.5 Å². The second kappa shape index (κ2) is 5.06. The average Bonchev–Trinajstić information content (AvgIpc) is 2.79. The monoisotopic (exact) mass is 316 g/mol. The van der Waals surface area contributed by atoms with Crippen LogP contribution in [0.15, 0.2) is 29.4 Å². The molecule has 3 atom stereocenters. The molecule has 1 amide bonds. The first kappa shape index (κ1) is 16.0. The largest absolute Gasteiger partial charge is 0.508 e. The van der Waals surface area contributed by atoms with Crippen molar-refractivity contribution in [3.05, 3.63) is 29.8 Å². The molecule has 3 rings (SSSR count). The quantitative estimate of drug-likeness (QED) is 0.591. The molecule has 0 unspecified atom stereocenters. The highest BCUT2D eigenvalue weighted by molar-refractivity contribution is 5.87. The van der Waals surface area contributed by atoms with E-state index >= 15 is 0 Å². The number of phenols is 1. The zero-order valence-corrected chi connectivity index (χ0v) is 13.8. The van der Waals surface area contributed by atoms with Crippen LogP contribution in [0.4, 0.5) is 0 Å². The summed E-state index contributed by atoms with van der Waals surface area (Å²) in [6.07, 6.45) is 3.25. The van der Waals surface area contributed by atoms with Gasteiger partial charge in [0.05, 0.1) is 17.7 Å². The molecule has 0 heterocycles. The minimum absolute atomic E-state index is 0.113. The molecule has 0 radical (unpaired) electrons. The maximum absolute atomic E-state index is 12.8. The maximum atomic E-state index is 12.8. The number of hydrogen-bond acceptors (Lipinski definition) is 4. The zero-order chi connectivity index (χ0) is 16.9. The molecule has 2 bridgehead atoms. The van der Waals surface area contributed by atoms with E-state index in [-0.39, 0.29) is 22.5 Å². The van der Waals surface area contributed by atoms with Crippen molar-refractivity contribution in [3.8, 4) is 5.75 Å². The van der Waals surface area contributed by atoms with Gasteiger partial charge in [-0.1, -0.05) is 20.8 Å². The van der Waals surface area contributed by atoms with Crippen molar-refractivity contribution in [2.75, 3.05) is 0 Å². The molecule has 2 aliphatic rings. The van der Waals surface area contributed by atoms with Crippen LogP contribution in [0.2, 0.25) is 0 Å². The van der Waals surface area contributed by atoms with E-state index in [1.54, 1.807) is 30.5 Å². The van der Waals surface area contributed by atoms with Crippen molar-refractivity contribution >= 4 is 12.1 Å². The summed E-state index contributed by atoms with van der Waals surface area (Å²) in [5.41, 5.74) is 2.40. The van der Waals surface area contributed by atoms with Crippen molar-refractivity contribution in [2.45, 2.75) is 46.1 Å². The lowest BCUT2D eigenvalue weighted by Crippen LogP contribution is -2.45. The number of benzene rings is 1. The minimum Gasteiger partial charge on any atom is -0.508 e. The van der Waals surface area contributed by atoms with Crippen LogP contribution in [0.25, 0.3) is 0 Å². The summed E-state index contributed by atoms with van der Waals surface area (Å²) in [7, 11) is 0. The molecule has 1 aromatic rings. The van der Waals surface area contributed by atoms with Gasteiger partial charge in [0.25, 0.3) is 0 Å². The fourth-order valence-electron chi connectivity index (χ4n) is 4.46. The molecular formula is C18H24N2O3. The number of rotatable bonds is 3. The highest BCUT2D eigenvalue weighted by Crippen LogP contribution is 2.72. The highest BCUT2D eigenvalue weighted by Gasteiger charge is 2.72. The Bertz CT molecular complexity index is 653.